The Morgan fingerprint density at radius 3 is 2.70 bits per heavy atom. The SMILES string of the molecule is O=C(NCc1ccccc1Cn1ccnc1)c1cc(S(=O)(=O)N2CCSCC2)c[nH]1. The second-order valence-corrected chi connectivity index (χ2v) is 10.1. The first-order valence-electron chi connectivity index (χ1n) is 9.61. The number of nitrogens with one attached hydrogen (secondary N) is 2. The Kier molecular flexibility index (Phi) is 6.26. The van der Waals surface area contributed by atoms with Crippen LogP contribution in [0.25, 0.3) is 0 Å². The van der Waals surface area contributed by atoms with Crippen molar-refractivity contribution in [1.82, 2.24) is 24.2 Å². The molecule has 2 aromatic heterocycles. The van der Waals surface area contributed by atoms with Gasteiger partial charge in [0.2, 0.25) is 10.0 Å². The van der Waals surface area contributed by atoms with Gasteiger partial charge >= 0.3 is 0 Å². The second-order valence-electron chi connectivity index (χ2n) is 6.95. The fourth-order valence-corrected chi connectivity index (χ4v) is 5.89. The van der Waals surface area contributed by atoms with Gasteiger partial charge in [0.25, 0.3) is 5.91 Å². The zero-order valence-corrected chi connectivity index (χ0v) is 18.0. The smallest absolute Gasteiger partial charge is 0.268 e. The van der Waals surface area contributed by atoms with E-state index in [0.29, 0.717) is 26.2 Å². The lowest BCUT2D eigenvalue weighted by molar-refractivity contribution is 0.0946. The molecular formula is C20H23N5O3S2. The minimum Gasteiger partial charge on any atom is -0.356 e. The van der Waals surface area contributed by atoms with Gasteiger partial charge in [-0.3, -0.25) is 4.79 Å². The molecule has 3 aromatic rings. The van der Waals surface area contributed by atoms with Gasteiger partial charge in [0.05, 0.1) is 6.33 Å². The van der Waals surface area contributed by atoms with Gasteiger partial charge in [-0.1, -0.05) is 24.3 Å². The summed E-state index contributed by atoms with van der Waals surface area (Å²) in [6.45, 7) is 1.99. The van der Waals surface area contributed by atoms with Crippen LogP contribution < -0.4 is 5.32 Å². The molecule has 30 heavy (non-hydrogen) atoms. The summed E-state index contributed by atoms with van der Waals surface area (Å²) in [6, 6.07) is 9.26. The molecule has 1 aliphatic heterocycles. The van der Waals surface area contributed by atoms with Crippen molar-refractivity contribution in [1.29, 1.82) is 0 Å². The Morgan fingerprint density at radius 1 is 1.20 bits per heavy atom. The van der Waals surface area contributed by atoms with Gasteiger partial charge in [-0.15, -0.1) is 0 Å². The van der Waals surface area contributed by atoms with Gasteiger partial charge in [0, 0.05) is 56.3 Å². The summed E-state index contributed by atoms with van der Waals surface area (Å²) >= 11 is 1.74. The normalized spacial score (nSPS) is 15.2. The van der Waals surface area contributed by atoms with Gasteiger partial charge in [-0.05, 0) is 17.2 Å². The number of amides is 1. The van der Waals surface area contributed by atoms with E-state index in [2.05, 4.69) is 15.3 Å². The van der Waals surface area contributed by atoms with Crippen LogP contribution in [0.4, 0.5) is 0 Å². The highest BCUT2D eigenvalue weighted by Crippen LogP contribution is 2.21. The lowest BCUT2D eigenvalue weighted by Crippen LogP contribution is -2.37. The second kappa shape index (κ2) is 9.07. The van der Waals surface area contributed by atoms with Crippen LogP contribution in [0.3, 0.4) is 0 Å². The Labute approximate surface area is 179 Å². The lowest BCUT2D eigenvalue weighted by Gasteiger charge is -2.24. The molecule has 0 saturated carbocycles. The summed E-state index contributed by atoms with van der Waals surface area (Å²) in [5.74, 6) is 1.23. The van der Waals surface area contributed by atoms with Crippen LogP contribution in [0.15, 0.2) is 60.1 Å². The number of hydrogen-bond acceptors (Lipinski definition) is 5. The average Bonchev–Trinajstić information content (AvgIpc) is 3.46. The summed E-state index contributed by atoms with van der Waals surface area (Å²) in [5, 5.41) is 2.87. The van der Waals surface area contributed by atoms with Crippen LogP contribution in [0.2, 0.25) is 0 Å². The maximum Gasteiger partial charge on any atom is 0.268 e. The number of benzene rings is 1. The third-order valence-electron chi connectivity index (χ3n) is 4.98. The van der Waals surface area contributed by atoms with Crippen molar-refractivity contribution in [3.8, 4) is 0 Å². The molecule has 10 heteroatoms. The van der Waals surface area contributed by atoms with Crippen molar-refractivity contribution in [2.24, 2.45) is 0 Å². The molecule has 2 N–H and O–H groups in total. The van der Waals surface area contributed by atoms with Crippen LogP contribution >= 0.6 is 11.8 Å². The highest BCUT2D eigenvalue weighted by atomic mass is 32.2. The molecule has 8 nitrogen and oxygen atoms in total. The number of thioether (sulfide) groups is 1. The van der Waals surface area contributed by atoms with Crippen LogP contribution in [-0.4, -0.2) is 57.8 Å². The summed E-state index contributed by atoms with van der Waals surface area (Å²) < 4.78 is 28.9. The molecule has 0 unspecified atom stereocenters. The standard InChI is InChI=1S/C20H23N5O3S2/c26-20(19-11-18(13-22-19)30(27,28)25-7-9-29-10-8-25)23-12-16-3-1-2-4-17(16)14-24-6-5-21-15-24/h1-6,11,13,15,22H,7-10,12,14H2,(H,23,26). The summed E-state index contributed by atoms with van der Waals surface area (Å²) in [6.07, 6.45) is 6.75. The summed E-state index contributed by atoms with van der Waals surface area (Å²) in [7, 11) is -3.58. The van der Waals surface area contributed by atoms with E-state index in [0.717, 1.165) is 22.6 Å². The van der Waals surface area contributed by atoms with Gasteiger partial charge in [-0.25, -0.2) is 13.4 Å². The minimum atomic E-state index is -3.58. The molecule has 0 aliphatic carbocycles. The van der Waals surface area contributed by atoms with E-state index in [1.165, 1.54) is 16.6 Å². The van der Waals surface area contributed by atoms with Crippen molar-refractivity contribution in [3.05, 3.63) is 72.1 Å². The van der Waals surface area contributed by atoms with Crippen LogP contribution in [0.5, 0.6) is 0 Å². The number of aromatic nitrogens is 3. The average molecular weight is 446 g/mol. The first kappa shape index (κ1) is 20.7. The largest absolute Gasteiger partial charge is 0.356 e. The van der Waals surface area contributed by atoms with Crippen molar-refractivity contribution >= 4 is 27.7 Å². The number of rotatable bonds is 7. The van der Waals surface area contributed by atoms with E-state index in [4.69, 9.17) is 0 Å². The highest BCUT2D eigenvalue weighted by Gasteiger charge is 2.27. The molecule has 1 amide bonds. The van der Waals surface area contributed by atoms with E-state index in [1.807, 2.05) is 35.0 Å². The van der Waals surface area contributed by atoms with Gasteiger partial charge in [0.15, 0.2) is 0 Å². The predicted molar refractivity (Wildman–Crippen MR) is 116 cm³/mol. The quantitative estimate of drug-likeness (QED) is 0.579. The Bertz CT molecular complexity index is 1100. The highest BCUT2D eigenvalue weighted by molar-refractivity contribution is 7.99. The topological polar surface area (TPSA) is 100 Å². The first-order chi connectivity index (χ1) is 14.5. The molecule has 0 radical (unpaired) electrons. The molecule has 158 valence electrons. The molecule has 4 rings (SSSR count). The van der Waals surface area contributed by atoms with Gasteiger partial charge < -0.3 is 14.9 Å². The molecule has 1 aromatic carbocycles. The molecule has 1 aliphatic rings. The van der Waals surface area contributed by atoms with Crippen molar-refractivity contribution in [2.45, 2.75) is 18.0 Å². The number of carbonyl (C=O) groups is 1. The van der Waals surface area contributed by atoms with E-state index in [1.54, 1.807) is 24.3 Å². The number of aromatic amines is 1. The van der Waals surface area contributed by atoms with Crippen molar-refractivity contribution in [2.75, 3.05) is 24.6 Å². The molecule has 0 spiro atoms. The molecule has 3 heterocycles. The number of nitrogens with zero attached hydrogens (tertiary/aromatic N) is 3. The molecule has 0 atom stereocenters. The van der Waals surface area contributed by atoms with E-state index in [9.17, 15) is 13.2 Å². The number of hydrogen-bond donors (Lipinski definition) is 2. The lowest BCUT2D eigenvalue weighted by atomic mass is 10.1. The zero-order chi connectivity index (χ0) is 21.0. The van der Waals surface area contributed by atoms with E-state index < -0.39 is 10.0 Å². The molecule has 1 fully saturated rings. The summed E-state index contributed by atoms with van der Waals surface area (Å²) in [4.78, 5) is 19.6. The number of sulfonamides is 1. The monoisotopic (exact) mass is 445 g/mol. The third-order valence-corrected chi connectivity index (χ3v) is 7.80. The molecule has 0 bridgehead atoms. The Morgan fingerprint density at radius 2 is 1.97 bits per heavy atom. The van der Waals surface area contributed by atoms with Crippen LogP contribution in [0.1, 0.15) is 21.6 Å². The summed E-state index contributed by atoms with van der Waals surface area (Å²) in [5.41, 5.74) is 2.30. The third kappa shape index (κ3) is 4.61. The fourth-order valence-electron chi connectivity index (χ4n) is 3.32. The van der Waals surface area contributed by atoms with Crippen LogP contribution in [-0.2, 0) is 23.1 Å². The Balaban J connectivity index is 1.42. The van der Waals surface area contributed by atoms with Gasteiger partial charge in [0.1, 0.15) is 10.6 Å². The van der Waals surface area contributed by atoms with E-state index in [-0.39, 0.29) is 16.5 Å². The molecule has 1 saturated heterocycles. The van der Waals surface area contributed by atoms with Gasteiger partial charge in [-0.2, -0.15) is 16.1 Å². The zero-order valence-electron chi connectivity index (χ0n) is 16.3. The van der Waals surface area contributed by atoms with Crippen molar-refractivity contribution < 1.29 is 13.2 Å². The maximum atomic E-state index is 12.8. The fraction of sp³-hybridized carbons (Fsp3) is 0.300. The maximum absolute atomic E-state index is 12.8. The number of H-pyrrole nitrogens is 1. The minimum absolute atomic E-state index is 0.125. The first-order valence-corrected chi connectivity index (χ1v) is 12.2. The van der Waals surface area contributed by atoms with Crippen molar-refractivity contribution in [3.63, 3.8) is 0 Å². The predicted octanol–water partition coefficient (Wildman–Crippen LogP) is 1.93. The molecular weight excluding hydrogens is 422 g/mol. The Hall–Kier alpha value is -2.56. The van der Waals surface area contributed by atoms with E-state index >= 15 is 0 Å². The van der Waals surface area contributed by atoms with Crippen LogP contribution in [0, 0.1) is 0 Å². The number of imidazole rings is 1. The number of carbonyl (C=O) groups excluding carboxylic acids is 1.